The van der Waals surface area contributed by atoms with E-state index in [1.165, 1.54) is 22.3 Å². The molecular weight excluding hydrogens is 240 g/mol. The van der Waals surface area contributed by atoms with Crippen LogP contribution in [0.25, 0.3) is 5.57 Å². The van der Waals surface area contributed by atoms with E-state index in [1.54, 1.807) is 0 Å². The zero-order valence-electron chi connectivity index (χ0n) is 12.0. The van der Waals surface area contributed by atoms with Crippen LogP contribution >= 0.6 is 0 Å². The van der Waals surface area contributed by atoms with Crippen molar-refractivity contribution in [3.05, 3.63) is 89.6 Å². The molecule has 2 aliphatic rings. The van der Waals surface area contributed by atoms with Crippen LogP contribution < -0.4 is 0 Å². The molecule has 1 aromatic carbocycles. The van der Waals surface area contributed by atoms with Crippen molar-refractivity contribution in [3.8, 4) is 0 Å². The van der Waals surface area contributed by atoms with E-state index in [0.29, 0.717) is 5.92 Å². The first-order chi connectivity index (χ1) is 9.74. The average molecular weight is 260 g/mol. The van der Waals surface area contributed by atoms with Gasteiger partial charge >= 0.3 is 0 Å². The molecule has 3 rings (SSSR count). The molecule has 0 aromatic heterocycles. The molecular formula is C20H20. The van der Waals surface area contributed by atoms with Crippen molar-refractivity contribution in [2.45, 2.75) is 19.8 Å². The molecule has 0 saturated heterocycles. The lowest BCUT2D eigenvalue weighted by atomic mass is 9.89. The third-order valence-electron chi connectivity index (χ3n) is 3.98. The molecule has 0 N–H and O–H groups in total. The van der Waals surface area contributed by atoms with Crippen LogP contribution in [0.2, 0.25) is 0 Å². The first-order valence-electron chi connectivity index (χ1n) is 7.28. The summed E-state index contributed by atoms with van der Waals surface area (Å²) in [5, 5.41) is 0. The lowest BCUT2D eigenvalue weighted by molar-refractivity contribution is 0.732. The molecule has 0 aliphatic heterocycles. The van der Waals surface area contributed by atoms with Gasteiger partial charge in [-0.2, -0.15) is 0 Å². The second kappa shape index (κ2) is 5.50. The van der Waals surface area contributed by atoms with Crippen molar-refractivity contribution in [2.75, 3.05) is 0 Å². The van der Waals surface area contributed by atoms with Crippen molar-refractivity contribution in [2.24, 2.45) is 5.92 Å². The van der Waals surface area contributed by atoms with Gasteiger partial charge in [0.25, 0.3) is 0 Å². The number of rotatable bonds is 1. The summed E-state index contributed by atoms with van der Waals surface area (Å²) >= 11 is 0. The standard InChI is InChI=1S/C20H20/c1-15-10-12-17(13-11-15)19-8-5-7-18-6-3-4-9-20(18)16(2)14-19/h3-6,8-10,12-15H,2,7,11H2,1H3/b8-5-,19-14+. The Kier molecular flexibility index (Phi) is 3.56. The van der Waals surface area contributed by atoms with Gasteiger partial charge in [0, 0.05) is 0 Å². The Balaban J connectivity index is 1.97. The highest BCUT2D eigenvalue weighted by Gasteiger charge is 2.10. The molecule has 0 fully saturated rings. The second-order valence-electron chi connectivity index (χ2n) is 5.62. The number of allylic oxidation sites excluding steroid dienone is 9. The van der Waals surface area contributed by atoms with Gasteiger partial charge in [-0.15, -0.1) is 0 Å². The Morgan fingerprint density at radius 2 is 1.95 bits per heavy atom. The van der Waals surface area contributed by atoms with Gasteiger partial charge in [0.15, 0.2) is 0 Å². The molecule has 2 aliphatic carbocycles. The van der Waals surface area contributed by atoms with E-state index in [1.807, 2.05) is 0 Å². The summed E-state index contributed by atoms with van der Waals surface area (Å²) in [6.45, 7) is 6.51. The predicted molar refractivity (Wildman–Crippen MR) is 87.4 cm³/mol. The lowest BCUT2D eigenvalue weighted by Crippen LogP contribution is -1.98. The van der Waals surface area contributed by atoms with Crippen molar-refractivity contribution in [3.63, 3.8) is 0 Å². The Morgan fingerprint density at radius 3 is 2.75 bits per heavy atom. The Labute approximate surface area is 121 Å². The van der Waals surface area contributed by atoms with E-state index in [9.17, 15) is 0 Å². The Hall–Kier alpha value is -2.08. The fourth-order valence-corrected chi connectivity index (χ4v) is 2.76. The molecule has 1 atom stereocenters. The molecule has 1 unspecified atom stereocenters. The molecule has 1 aromatic rings. The van der Waals surface area contributed by atoms with Crippen molar-refractivity contribution in [1.29, 1.82) is 0 Å². The summed E-state index contributed by atoms with van der Waals surface area (Å²) in [4.78, 5) is 0. The van der Waals surface area contributed by atoms with Crippen LogP contribution in [-0.2, 0) is 6.42 Å². The van der Waals surface area contributed by atoms with Gasteiger partial charge in [0.1, 0.15) is 0 Å². The highest BCUT2D eigenvalue weighted by Crippen LogP contribution is 2.28. The van der Waals surface area contributed by atoms with E-state index in [-0.39, 0.29) is 0 Å². The van der Waals surface area contributed by atoms with Crippen LogP contribution in [0, 0.1) is 5.92 Å². The molecule has 0 spiro atoms. The summed E-state index contributed by atoms with van der Waals surface area (Å²) < 4.78 is 0. The van der Waals surface area contributed by atoms with Crippen LogP contribution in [0.1, 0.15) is 24.5 Å². The molecule has 0 saturated carbocycles. The first-order valence-corrected chi connectivity index (χ1v) is 7.28. The smallest absolute Gasteiger partial charge is 0.00880 e. The van der Waals surface area contributed by atoms with Gasteiger partial charge in [-0.1, -0.05) is 68.1 Å². The van der Waals surface area contributed by atoms with Crippen molar-refractivity contribution in [1.82, 2.24) is 0 Å². The first kappa shape index (κ1) is 12.9. The molecule has 0 heteroatoms. The predicted octanol–water partition coefficient (Wildman–Crippen LogP) is 5.26. The van der Waals surface area contributed by atoms with Gasteiger partial charge in [-0.05, 0) is 52.7 Å². The summed E-state index contributed by atoms with van der Waals surface area (Å²) in [5.41, 5.74) is 6.31. The van der Waals surface area contributed by atoms with E-state index in [0.717, 1.165) is 18.4 Å². The van der Waals surface area contributed by atoms with Crippen molar-refractivity contribution < 1.29 is 0 Å². The van der Waals surface area contributed by atoms with Crippen molar-refractivity contribution >= 4 is 5.57 Å². The second-order valence-corrected chi connectivity index (χ2v) is 5.62. The maximum atomic E-state index is 4.26. The zero-order valence-corrected chi connectivity index (χ0v) is 12.0. The number of fused-ring (bicyclic) bond motifs is 1. The average Bonchev–Trinajstić information content (AvgIpc) is 2.45. The van der Waals surface area contributed by atoms with Crippen LogP contribution in [0.15, 0.2) is 78.4 Å². The molecule has 100 valence electrons. The van der Waals surface area contributed by atoms with E-state index in [4.69, 9.17) is 0 Å². The van der Waals surface area contributed by atoms with E-state index >= 15 is 0 Å². The lowest BCUT2D eigenvalue weighted by Gasteiger charge is -2.16. The molecule has 0 radical (unpaired) electrons. The topological polar surface area (TPSA) is 0 Å². The van der Waals surface area contributed by atoms with Crippen LogP contribution in [-0.4, -0.2) is 0 Å². The maximum Gasteiger partial charge on any atom is -0.00880 e. The minimum absolute atomic E-state index is 0.654. The van der Waals surface area contributed by atoms with Gasteiger partial charge in [0.2, 0.25) is 0 Å². The highest BCUT2D eigenvalue weighted by molar-refractivity contribution is 5.77. The third kappa shape index (κ3) is 2.60. The summed E-state index contributed by atoms with van der Waals surface area (Å²) in [6.07, 6.45) is 15.7. The summed E-state index contributed by atoms with van der Waals surface area (Å²) in [5.74, 6) is 0.654. The molecule has 0 amide bonds. The van der Waals surface area contributed by atoms with Gasteiger partial charge in [-0.3, -0.25) is 0 Å². The largest absolute Gasteiger partial charge is 0.0911 e. The quantitative estimate of drug-likeness (QED) is 0.646. The minimum atomic E-state index is 0.654. The van der Waals surface area contributed by atoms with E-state index < -0.39 is 0 Å². The Morgan fingerprint density at radius 1 is 1.10 bits per heavy atom. The summed E-state index contributed by atoms with van der Waals surface area (Å²) in [7, 11) is 0. The monoisotopic (exact) mass is 260 g/mol. The molecule has 0 heterocycles. The van der Waals surface area contributed by atoms with Gasteiger partial charge < -0.3 is 0 Å². The fourth-order valence-electron chi connectivity index (χ4n) is 2.76. The summed E-state index contributed by atoms with van der Waals surface area (Å²) in [6, 6.07) is 8.54. The Bertz CT molecular complexity index is 650. The SMILES string of the molecule is C=C1/C=C(C2=CCC(C)C=C2)\C=C/Cc2ccccc21. The van der Waals surface area contributed by atoms with Crippen LogP contribution in [0.3, 0.4) is 0 Å². The molecule has 0 nitrogen and oxygen atoms in total. The third-order valence-corrected chi connectivity index (χ3v) is 3.98. The van der Waals surface area contributed by atoms with Gasteiger partial charge in [-0.25, -0.2) is 0 Å². The number of hydrogen-bond acceptors (Lipinski definition) is 0. The highest BCUT2D eigenvalue weighted by atomic mass is 14.1. The van der Waals surface area contributed by atoms with E-state index in [2.05, 4.69) is 74.2 Å². The molecule has 20 heavy (non-hydrogen) atoms. The van der Waals surface area contributed by atoms with Crippen LogP contribution in [0.4, 0.5) is 0 Å². The minimum Gasteiger partial charge on any atom is -0.0911 e. The maximum absolute atomic E-state index is 4.26. The normalized spacial score (nSPS) is 25.9. The zero-order chi connectivity index (χ0) is 13.9. The number of hydrogen-bond donors (Lipinski definition) is 0. The number of benzene rings is 1. The molecule has 0 bridgehead atoms. The fraction of sp³-hybridized carbons (Fsp3) is 0.200. The van der Waals surface area contributed by atoms with Gasteiger partial charge in [0.05, 0.1) is 0 Å². The van der Waals surface area contributed by atoms with Crippen LogP contribution in [0.5, 0.6) is 0 Å².